The van der Waals surface area contributed by atoms with Crippen LogP contribution in [0.2, 0.25) is 0 Å². The number of benzene rings is 2. The molecule has 8 heteroatoms. The first-order valence-corrected chi connectivity index (χ1v) is 12.6. The van der Waals surface area contributed by atoms with Crippen molar-refractivity contribution in [1.29, 1.82) is 0 Å². The Hall–Kier alpha value is -2.71. The van der Waals surface area contributed by atoms with Crippen LogP contribution in [-0.2, 0) is 10.0 Å². The molecule has 32 heavy (non-hydrogen) atoms. The number of aryl methyl sites for hydroxylation is 1. The van der Waals surface area contributed by atoms with E-state index in [0.29, 0.717) is 40.4 Å². The van der Waals surface area contributed by atoms with Gasteiger partial charge in [0.25, 0.3) is 5.91 Å². The van der Waals surface area contributed by atoms with E-state index in [1.165, 1.54) is 6.07 Å². The zero-order valence-electron chi connectivity index (χ0n) is 18.3. The van der Waals surface area contributed by atoms with Gasteiger partial charge in [-0.3, -0.25) is 4.79 Å². The van der Waals surface area contributed by atoms with Crippen molar-refractivity contribution in [2.24, 2.45) is 0 Å². The summed E-state index contributed by atoms with van der Waals surface area (Å²) in [5, 5.41) is 2.88. The Balaban J connectivity index is 1.40. The van der Waals surface area contributed by atoms with Crippen molar-refractivity contribution in [3.8, 4) is 0 Å². The molecule has 1 saturated carbocycles. The lowest BCUT2D eigenvalue weighted by atomic mass is 10.1. The van der Waals surface area contributed by atoms with Gasteiger partial charge in [0.2, 0.25) is 10.0 Å². The minimum Gasteiger partial charge on any atom is -0.440 e. The number of aromatic nitrogens is 1. The highest BCUT2D eigenvalue weighted by Crippen LogP contribution is 2.40. The molecule has 0 spiro atoms. The Kier molecular flexibility index (Phi) is 5.29. The molecule has 0 radical (unpaired) electrons. The predicted molar refractivity (Wildman–Crippen MR) is 122 cm³/mol. The summed E-state index contributed by atoms with van der Waals surface area (Å²) in [5.41, 5.74) is 3.05. The number of sulfonamides is 1. The molecule has 2 aliphatic rings. The second-order valence-corrected chi connectivity index (χ2v) is 10.8. The van der Waals surface area contributed by atoms with Crippen molar-refractivity contribution in [2.75, 3.05) is 11.9 Å². The minimum absolute atomic E-state index is 0.0398. The SMILES string of the molecule is Cc1ccc(S(=O)(=O)N2CCCCC2C)cc1C(=O)Nc1ccc2oc(C3CC3)nc2c1. The first-order chi connectivity index (χ1) is 15.3. The van der Waals surface area contributed by atoms with Crippen LogP contribution < -0.4 is 5.32 Å². The zero-order chi connectivity index (χ0) is 22.5. The number of nitrogens with zero attached hydrogens (tertiary/aromatic N) is 2. The summed E-state index contributed by atoms with van der Waals surface area (Å²) in [6, 6.07) is 10.1. The molecule has 1 unspecified atom stereocenters. The molecule has 168 valence electrons. The summed E-state index contributed by atoms with van der Waals surface area (Å²) in [6.45, 7) is 4.25. The Morgan fingerprint density at radius 1 is 1.12 bits per heavy atom. The van der Waals surface area contributed by atoms with Crippen LogP contribution in [0.15, 0.2) is 45.7 Å². The van der Waals surface area contributed by atoms with Crippen LogP contribution in [0.1, 0.15) is 66.8 Å². The number of carbonyl (C=O) groups excluding carboxylic acids is 1. The van der Waals surface area contributed by atoms with Crippen molar-refractivity contribution in [1.82, 2.24) is 9.29 Å². The molecular formula is C24H27N3O4S. The minimum atomic E-state index is -3.65. The molecule has 0 bridgehead atoms. The van der Waals surface area contributed by atoms with Gasteiger partial charge in [-0.05, 0) is 75.4 Å². The molecule has 1 saturated heterocycles. The molecule has 1 N–H and O–H groups in total. The molecule has 1 atom stereocenters. The van der Waals surface area contributed by atoms with Crippen LogP contribution in [-0.4, -0.2) is 36.2 Å². The predicted octanol–water partition coefficient (Wildman–Crippen LogP) is 4.83. The summed E-state index contributed by atoms with van der Waals surface area (Å²) in [6.07, 6.45) is 4.95. The van der Waals surface area contributed by atoms with E-state index >= 15 is 0 Å². The Morgan fingerprint density at radius 3 is 2.69 bits per heavy atom. The number of anilines is 1. The molecule has 3 aromatic rings. The lowest BCUT2D eigenvalue weighted by Gasteiger charge is -2.32. The van der Waals surface area contributed by atoms with E-state index < -0.39 is 10.0 Å². The van der Waals surface area contributed by atoms with Crippen LogP contribution >= 0.6 is 0 Å². The zero-order valence-corrected chi connectivity index (χ0v) is 19.1. The smallest absolute Gasteiger partial charge is 0.255 e. The van der Waals surface area contributed by atoms with Gasteiger partial charge in [0.1, 0.15) is 5.52 Å². The van der Waals surface area contributed by atoms with Crippen LogP contribution in [0.25, 0.3) is 11.1 Å². The second kappa shape index (κ2) is 8.01. The Bertz CT molecular complexity index is 1290. The number of hydrogen-bond donors (Lipinski definition) is 1. The van der Waals surface area contributed by atoms with Gasteiger partial charge in [0.15, 0.2) is 11.5 Å². The van der Waals surface area contributed by atoms with Gasteiger partial charge in [-0.25, -0.2) is 13.4 Å². The number of carbonyl (C=O) groups is 1. The standard InChI is InChI=1S/C24H27N3O4S/c1-15-6-10-19(32(29,30)27-12-4-3-5-16(27)2)14-20(15)23(28)25-18-9-11-22-21(13-18)26-24(31-22)17-7-8-17/h6,9-11,13-14,16-17H,3-5,7-8,12H2,1-2H3,(H,25,28). The summed E-state index contributed by atoms with van der Waals surface area (Å²) < 4.78 is 33.8. The van der Waals surface area contributed by atoms with Crippen LogP contribution in [0.4, 0.5) is 5.69 Å². The van der Waals surface area contributed by atoms with E-state index in [2.05, 4.69) is 10.3 Å². The van der Waals surface area contributed by atoms with Gasteiger partial charge >= 0.3 is 0 Å². The average molecular weight is 454 g/mol. The van der Waals surface area contributed by atoms with E-state index in [9.17, 15) is 13.2 Å². The normalized spacial score (nSPS) is 19.9. The molecule has 2 fully saturated rings. The highest BCUT2D eigenvalue weighted by molar-refractivity contribution is 7.89. The largest absolute Gasteiger partial charge is 0.440 e. The third-order valence-corrected chi connectivity index (χ3v) is 8.40. The molecule has 1 amide bonds. The molecular weight excluding hydrogens is 426 g/mol. The molecule has 7 nitrogen and oxygen atoms in total. The van der Waals surface area contributed by atoms with Crippen molar-refractivity contribution in [3.05, 3.63) is 53.4 Å². The van der Waals surface area contributed by atoms with E-state index in [-0.39, 0.29) is 16.8 Å². The van der Waals surface area contributed by atoms with Gasteiger partial charge in [-0.2, -0.15) is 4.31 Å². The quantitative estimate of drug-likeness (QED) is 0.597. The van der Waals surface area contributed by atoms with Gasteiger partial charge < -0.3 is 9.73 Å². The van der Waals surface area contributed by atoms with Crippen LogP contribution in [0.3, 0.4) is 0 Å². The third kappa shape index (κ3) is 3.93. The van der Waals surface area contributed by atoms with Gasteiger partial charge in [-0.1, -0.05) is 12.5 Å². The maximum absolute atomic E-state index is 13.2. The molecule has 5 rings (SSSR count). The van der Waals surface area contributed by atoms with Crippen LogP contribution in [0, 0.1) is 6.92 Å². The van der Waals surface area contributed by atoms with Gasteiger partial charge in [0, 0.05) is 29.8 Å². The third-order valence-electron chi connectivity index (χ3n) is 6.39. The van der Waals surface area contributed by atoms with Crippen molar-refractivity contribution in [3.63, 3.8) is 0 Å². The fraction of sp³-hybridized carbons (Fsp3) is 0.417. The number of fused-ring (bicyclic) bond motifs is 1. The van der Waals surface area contributed by atoms with Crippen molar-refractivity contribution in [2.45, 2.75) is 62.8 Å². The fourth-order valence-corrected chi connectivity index (χ4v) is 6.02. The molecule has 1 aliphatic heterocycles. The number of rotatable bonds is 5. The maximum atomic E-state index is 13.2. The highest BCUT2D eigenvalue weighted by atomic mass is 32.2. The van der Waals surface area contributed by atoms with E-state index in [1.54, 1.807) is 41.6 Å². The lowest BCUT2D eigenvalue weighted by Crippen LogP contribution is -2.42. The topological polar surface area (TPSA) is 92.5 Å². The monoisotopic (exact) mass is 453 g/mol. The first-order valence-electron chi connectivity index (χ1n) is 11.2. The maximum Gasteiger partial charge on any atom is 0.255 e. The van der Waals surface area contributed by atoms with E-state index in [4.69, 9.17) is 4.42 Å². The molecule has 1 aromatic heterocycles. The molecule has 2 aromatic carbocycles. The summed E-state index contributed by atoms with van der Waals surface area (Å²) in [7, 11) is -3.65. The van der Waals surface area contributed by atoms with Crippen molar-refractivity contribution < 1.29 is 17.6 Å². The van der Waals surface area contributed by atoms with E-state index in [1.807, 2.05) is 6.92 Å². The van der Waals surface area contributed by atoms with Gasteiger partial charge in [-0.15, -0.1) is 0 Å². The second-order valence-electron chi connectivity index (χ2n) is 8.90. The number of nitrogens with one attached hydrogen (secondary N) is 1. The summed E-state index contributed by atoms with van der Waals surface area (Å²) in [5.74, 6) is 0.816. The Morgan fingerprint density at radius 2 is 1.94 bits per heavy atom. The van der Waals surface area contributed by atoms with E-state index in [0.717, 1.165) is 38.0 Å². The summed E-state index contributed by atoms with van der Waals surface area (Å²) >= 11 is 0. The number of piperidine rings is 1. The number of amides is 1. The first kappa shape index (κ1) is 21.2. The molecule has 1 aliphatic carbocycles. The number of hydrogen-bond acceptors (Lipinski definition) is 5. The average Bonchev–Trinajstić information content (AvgIpc) is 3.53. The van der Waals surface area contributed by atoms with Crippen LogP contribution in [0.5, 0.6) is 0 Å². The fourth-order valence-electron chi connectivity index (χ4n) is 4.30. The molecule has 2 heterocycles. The van der Waals surface area contributed by atoms with Gasteiger partial charge in [0.05, 0.1) is 4.90 Å². The Labute approximate surface area is 187 Å². The number of oxazole rings is 1. The lowest BCUT2D eigenvalue weighted by molar-refractivity contribution is 0.102. The van der Waals surface area contributed by atoms with Crippen molar-refractivity contribution >= 4 is 32.7 Å². The summed E-state index contributed by atoms with van der Waals surface area (Å²) in [4.78, 5) is 17.7. The highest BCUT2D eigenvalue weighted by Gasteiger charge is 2.32.